The van der Waals surface area contributed by atoms with Gasteiger partial charge in [-0.05, 0) is 25.0 Å². The van der Waals surface area contributed by atoms with Crippen molar-refractivity contribution in [1.82, 2.24) is 15.0 Å². The van der Waals surface area contributed by atoms with Crippen molar-refractivity contribution in [2.75, 3.05) is 30.4 Å². The van der Waals surface area contributed by atoms with Crippen molar-refractivity contribution in [2.45, 2.75) is 51.7 Å². The molecule has 0 aromatic carbocycles. The molecule has 0 amide bonds. The van der Waals surface area contributed by atoms with Gasteiger partial charge in [-0.15, -0.1) is 0 Å². The van der Waals surface area contributed by atoms with E-state index in [9.17, 15) is 0 Å². The van der Waals surface area contributed by atoms with Gasteiger partial charge in [0, 0.05) is 43.9 Å². The Morgan fingerprint density at radius 2 is 2.00 bits per heavy atom. The number of nitrogens with one attached hydrogen (secondary N) is 1. The van der Waals surface area contributed by atoms with E-state index in [1.54, 1.807) is 13.3 Å². The summed E-state index contributed by atoms with van der Waals surface area (Å²) in [6, 6.07) is 8.18. The Kier molecular flexibility index (Phi) is 6.10. The van der Waals surface area contributed by atoms with Crippen molar-refractivity contribution in [1.29, 1.82) is 5.26 Å². The first-order valence-corrected chi connectivity index (χ1v) is 9.64. The third kappa shape index (κ3) is 4.96. The summed E-state index contributed by atoms with van der Waals surface area (Å²) in [6.07, 6.45) is 3.62. The second kappa shape index (κ2) is 8.53. The van der Waals surface area contributed by atoms with Gasteiger partial charge in [0.1, 0.15) is 23.5 Å². The molecular weight excluding hydrogens is 352 g/mol. The molecule has 0 spiro atoms. The Bertz CT molecular complexity index is 829. The first-order valence-electron chi connectivity index (χ1n) is 9.64. The SMILES string of the molecule is COCc1cc(NC2CCN(c3ccc(C#N)cn3)CC2)nc(C(C)(C)C)n1. The third-order valence-electron chi connectivity index (χ3n) is 4.79. The van der Waals surface area contributed by atoms with Crippen LogP contribution in [0.4, 0.5) is 11.6 Å². The summed E-state index contributed by atoms with van der Waals surface area (Å²) < 4.78 is 5.27. The third-order valence-corrected chi connectivity index (χ3v) is 4.79. The van der Waals surface area contributed by atoms with Crippen molar-refractivity contribution >= 4 is 11.6 Å². The highest BCUT2D eigenvalue weighted by Crippen LogP contribution is 2.24. The van der Waals surface area contributed by atoms with E-state index in [-0.39, 0.29) is 5.41 Å². The van der Waals surface area contributed by atoms with Crippen LogP contribution >= 0.6 is 0 Å². The highest BCUT2D eigenvalue weighted by molar-refractivity contribution is 5.43. The van der Waals surface area contributed by atoms with Gasteiger partial charge < -0.3 is 15.0 Å². The van der Waals surface area contributed by atoms with Crippen LogP contribution in [0.5, 0.6) is 0 Å². The molecule has 1 fully saturated rings. The molecule has 148 valence electrons. The molecule has 1 saturated heterocycles. The molecule has 0 unspecified atom stereocenters. The summed E-state index contributed by atoms with van der Waals surface area (Å²) in [5, 5.41) is 12.5. The van der Waals surface area contributed by atoms with Gasteiger partial charge in [0.2, 0.25) is 0 Å². The minimum atomic E-state index is -0.120. The van der Waals surface area contributed by atoms with Crippen molar-refractivity contribution in [3.63, 3.8) is 0 Å². The van der Waals surface area contributed by atoms with E-state index in [1.165, 1.54) is 0 Å². The lowest BCUT2D eigenvalue weighted by atomic mass is 9.95. The van der Waals surface area contributed by atoms with Gasteiger partial charge in [0.05, 0.1) is 17.9 Å². The van der Waals surface area contributed by atoms with Crippen molar-refractivity contribution in [3.8, 4) is 6.07 Å². The molecule has 0 aliphatic carbocycles. The molecule has 0 radical (unpaired) electrons. The summed E-state index contributed by atoms with van der Waals surface area (Å²) >= 11 is 0. The number of hydrogen-bond acceptors (Lipinski definition) is 7. The lowest BCUT2D eigenvalue weighted by Crippen LogP contribution is -2.39. The lowest BCUT2D eigenvalue weighted by Gasteiger charge is -2.33. The minimum absolute atomic E-state index is 0.120. The number of ether oxygens (including phenoxy) is 1. The maximum Gasteiger partial charge on any atom is 0.136 e. The zero-order chi connectivity index (χ0) is 20.1. The van der Waals surface area contributed by atoms with Crippen LogP contribution in [0.15, 0.2) is 24.4 Å². The smallest absolute Gasteiger partial charge is 0.136 e. The molecule has 28 heavy (non-hydrogen) atoms. The predicted octanol–water partition coefficient (Wildman–Crippen LogP) is 3.27. The Hall–Kier alpha value is -2.72. The van der Waals surface area contributed by atoms with Crippen molar-refractivity contribution in [3.05, 3.63) is 41.5 Å². The minimum Gasteiger partial charge on any atom is -0.378 e. The fourth-order valence-corrected chi connectivity index (χ4v) is 3.23. The number of rotatable bonds is 5. The molecule has 0 atom stereocenters. The van der Waals surface area contributed by atoms with Gasteiger partial charge in [-0.1, -0.05) is 20.8 Å². The average molecular weight is 380 g/mol. The van der Waals surface area contributed by atoms with Crippen molar-refractivity contribution < 1.29 is 4.74 Å². The highest BCUT2D eigenvalue weighted by atomic mass is 16.5. The van der Waals surface area contributed by atoms with Gasteiger partial charge in [-0.3, -0.25) is 0 Å². The van der Waals surface area contributed by atoms with Crippen molar-refractivity contribution in [2.24, 2.45) is 0 Å². The van der Waals surface area contributed by atoms with E-state index in [0.29, 0.717) is 18.2 Å². The van der Waals surface area contributed by atoms with Crippen LogP contribution in [-0.2, 0) is 16.8 Å². The predicted molar refractivity (Wildman–Crippen MR) is 109 cm³/mol. The topological polar surface area (TPSA) is 87.0 Å². The molecular formula is C21H28N6O. The van der Waals surface area contributed by atoms with Crippen LogP contribution < -0.4 is 10.2 Å². The van der Waals surface area contributed by atoms with Crippen LogP contribution in [0.2, 0.25) is 0 Å². The Balaban J connectivity index is 1.65. The zero-order valence-electron chi connectivity index (χ0n) is 17.1. The van der Waals surface area contributed by atoms with E-state index in [1.807, 2.05) is 18.2 Å². The molecule has 3 rings (SSSR count). The van der Waals surface area contributed by atoms with Crippen LogP contribution in [0.25, 0.3) is 0 Å². The van der Waals surface area contributed by atoms with Gasteiger partial charge in [-0.2, -0.15) is 5.26 Å². The summed E-state index contributed by atoms with van der Waals surface area (Å²) in [5.41, 5.74) is 1.36. The van der Waals surface area contributed by atoms with Gasteiger partial charge in [-0.25, -0.2) is 15.0 Å². The molecule has 1 N–H and O–H groups in total. The average Bonchev–Trinajstić information content (AvgIpc) is 2.68. The van der Waals surface area contributed by atoms with Gasteiger partial charge in [0.25, 0.3) is 0 Å². The number of piperidine rings is 1. The van der Waals surface area contributed by atoms with Crippen LogP contribution in [0.3, 0.4) is 0 Å². The molecule has 1 aliphatic heterocycles. The maximum atomic E-state index is 8.91. The first-order chi connectivity index (χ1) is 13.4. The van der Waals surface area contributed by atoms with Crippen LogP contribution in [-0.4, -0.2) is 41.2 Å². The lowest BCUT2D eigenvalue weighted by molar-refractivity contribution is 0.181. The monoisotopic (exact) mass is 380 g/mol. The largest absolute Gasteiger partial charge is 0.378 e. The molecule has 0 saturated carbocycles. The second-order valence-electron chi connectivity index (χ2n) is 8.17. The molecule has 2 aromatic rings. The van der Waals surface area contributed by atoms with Gasteiger partial charge >= 0.3 is 0 Å². The number of methoxy groups -OCH3 is 1. The fourth-order valence-electron chi connectivity index (χ4n) is 3.23. The summed E-state index contributed by atoms with van der Waals surface area (Å²) in [7, 11) is 1.68. The summed E-state index contributed by atoms with van der Waals surface area (Å²) in [6.45, 7) is 8.66. The number of anilines is 2. The number of nitrogens with zero attached hydrogens (tertiary/aromatic N) is 5. The number of pyridine rings is 1. The van der Waals surface area contributed by atoms with E-state index in [2.05, 4.69) is 47.0 Å². The molecule has 7 nitrogen and oxygen atoms in total. The van der Waals surface area contributed by atoms with E-state index in [0.717, 1.165) is 49.1 Å². The molecule has 0 bridgehead atoms. The normalized spacial score (nSPS) is 15.3. The first kappa shape index (κ1) is 20.0. The summed E-state index contributed by atoms with van der Waals surface area (Å²) in [4.78, 5) is 16.0. The summed E-state index contributed by atoms with van der Waals surface area (Å²) in [5.74, 6) is 2.61. The van der Waals surface area contributed by atoms with Crippen LogP contribution in [0.1, 0.15) is 50.7 Å². The van der Waals surface area contributed by atoms with E-state index >= 15 is 0 Å². The number of hydrogen-bond donors (Lipinski definition) is 1. The number of nitriles is 1. The second-order valence-corrected chi connectivity index (χ2v) is 8.17. The zero-order valence-corrected chi connectivity index (χ0v) is 17.1. The van der Waals surface area contributed by atoms with Crippen LogP contribution in [0, 0.1) is 11.3 Å². The standard InChI is InChI=1S/C21H28N6O/c1-21(2,3)20-25-17(14-28-4)11-18(26-20)24-16-7-9-27(10-8-16)19-6-5-15(12-22)13-23-19/h5-6,11,13,16H,7-10,14H2,1-4H3,(H,24,25,26). The maximum absolute atomic E-state index is 8.91. The quantitative estimate of drug-likeness (QED) is 0.852. The Morgan fingerprint density at radius 1 is 1.25 bits per heavy atom. The molecule has 3 heterocycles. The Labute approximate surface area is 166 Å². The van der Waals surface area contributed by atoms with Gasteiger partial charge in [0.15, 0.2) is 0 Å². The molecule has 7 heteroatoms. The van der Waals surface area contributed by atoms with E-state index < -0.39 is 0 Å². The Morgan fingerprint density at radius 3 is 2.57 bits per heavy atom. The van der Waals surface area contributed by atoms with E-state index in [4.69, 9.17) is 15.0 Å². The molecule has 2 aromatic heterocycles. The highest BCUT2D eigenvalue weighted by Gasteiger charge is 2.23. The fraction of sp³-hybridized carbons (Fsp3) is 0.524. The number of aromatic nitrogens is 3. The molecule has 1 aliphatic rings.